The van der Waals surface area contributed by atoms with E-state index in [-0.39, 0.29) is 28.6 Å². The van der Waals surface area contributed by atoms with Crippen LogP contribution in [0.5, 0.6) is 0 Å². The van der Waals surface area contributed by atoms with Crippen molar-refractivity contribution in [2.75, 3.05) is 0 Å². The van der Waals surface area contributed by atoms with Gasteiger partial charge >= 0.3 is 0 Å². The minimum atomic E-state index is -0.881. The lowest BCUT2D eigenvalue weighted by atomic mass is 9.47. The Morgan fingerprint density at radius 2 is 1.92 bits per heavy atom. The SMILES string of the molecule is C[C@]12CC[C@H](O)CC1=CCC1C2CC[C@@]2(C)C1CC[C@@H]2C(=O)C(Cl)Cl. The molecule has 0 aromatic heterocycles. The summed E-state index contributed by atoms with van der Waals surface area (Å²) >= 11 is 11.9. The summed E-state index contributed by atoms with van der Waals surface area (Å²) in [6.45, 7) is 4.77. The fourth-order valence-electron chi connectivity index (χ4n) is 7.26. The number of rotatable bonds is 2. The van der Waals surface area contributed by atoms with Gasteiger partial charge in [-0.3, -0.25) is 4.79 Å². The van der Waals surface area contributed by atoms with Gasteiger partial charge in [-0.25, -0.2) is 0 Å². The lowest BCUT2D eigenvalue weighted by Crippen LogP contribution is -2.51. The Hall–Kier alpha value is -0.0500. The van der Waals surface area contributed by atoms with Gasteiger partial charge in [-0.1, -0.05) is 48.7 Å². The van der Waals surface area contributed by atoms with Crippen molar-refractivity contribution in [3.05, 3.63) is 11.6 Å². The number of alkyl halides is 2. The predicted octanol–water partition coefficient (Wildman–Crippen LogP) is 5.30. The third kappa shape index (κ3) is 2.65. The van der Waals surface area contributed by atoms with E-state index >= 15 is 0 Å². The standard InChI is InChI=1S/C21H30Cl2O2/c1-20-9-7-13(24)11-12(20)3-4-14-15-5-6-17(18(25)19(22)23)21(15,2)10-8-16(14)20/h3,13-17,19,24H,4-11H2,1-2H3/t13-,14?,15?,16?,17+,20-,21-/m0/s1. The van der Waals surface area contributed by atoms with Crippen molar-refractivity contribution in [1.82, 2.24) is 0 Å². The van der Waals surface area contributed by atoms with Crippen molar-refractivity contribution in [2.24, 2.45) is 34.5 Å². The molecule has 0 bridgehead atoms. The van der Waals surface area contributed by atoms with Crippen LogP contribution >= 0.6 is 23.2 Å². The number of Topliss-reactive ketones (excluding diaryl/α,β-unsaturated/α-hetero) is 1. The number of carbonyl (C=O) groups is 1. The molecule has 0 aromatic rings. The van der Waals surface area contributed by atoms with Crippen molar-refractivity contribution in [3.8, 4) is 0 Å². The highest BCUT2D eigenvalue weighted by atomic mass is 35.5. The quantitative estimate of drug-likeness (QED) is 0.517. The smallest absolute Gasteiger partial charge is 0.169 e. The number of aliphatic hydroxyl groups is 1. The second-order valence-corrected chi connectivity index (χ2v) is 10.6. The summed E-state index contributed by atoms with van der Waals surface area (Å²) in [5.41, 5.74) is 1.83. The molecule has 3 saturated carbocycles. The van der Waals surface area contributed by atoms with Crippen LogP contribution in [0.2, 0.25) is 0 Å². The Balaban J connectivity index is 1.63. The number of carbonyl (C=O) groups excluding carboxylic acids is 1. The van der Waals surface area contributed by atoms with Gasteiger partial charge in [0, 0.05) is 5.92 Å². The van der Waals surface area contributed by atoms with Gasteiger partial charge in [0.2, 0.25) is 0 Å². The van der Waals surface area contributed by atoms with Gasteiger partial charge in [0.15, 0.2) is 10.6 Å². The average molecular weight is 385 g/mol. The van der Waals surface area contributed by atoms with Gasteiger partial charge < -0.3 is 5.11 Å². The van der Waals surface area contributed by atoms with Gasteiger partial charge in [-0.05, 0) is 80.0 Å². The summed E-state index contributed by atoms with van der Waals surface area (Å²) in [6.07, 6.45) is 10.7. The Kier molecular flexibility index (Phi) is 4.57. The van der Waals surface area contributed by atoms with Crippen molar-refractivity contribution in [3.63, 3.8) is 0 Å². The van der Waals surface area contributed by atoms with Crippen LogP contribution in [0.15, 0.2) is 11.6 Å². The summed E-state index contributed by atoms with van der Waals surface area (Å²) in [4.78, 5) is 11.7. The summed E-state index contributed by atoms with van der Waals surface area (Å²) in [5.74, 6) is 2.06. The van der Waals surface area contributed by atoms with Crippen LogP contribution in [0.4, 0.5) is 0 Å². The van der Waals surface area contributed by atoms with Crippen molar-refractivity contribution in [1.29, 1.82) is 0 Å². The molecule has 0 spiro atoms. The molecule has 0 aliphatic heterocycles. The molecule has 0 saturated heterocycles. The third-order valence-corrected chi connectivity index (χ3v) is 9.07. The fourth-order valence-corrected chi connectivity index (χ4v) is 7.57. The molecule has 1 N–H and O–H groups in total. The zero-order chi connectivity index (χ0) is 18.0. The maximum Gasteiger partial charge on any atom is 0.169 e. The van der Waals surface area contributed by atoms with E-state index in [4.69, 9.17) is 23.2 Å². The highest BCUT2D eigenvalue weighted by molar-refractivity contribution is 6.53. The number of hydrogen-bond donors (Lipinski definition) is 1. The summed E-state index contributed by atoms with van der Waals surface area (Å²) < 4.78 is 0. The molecular weight excluding hydrogens is 355 g/mol. The molecule has 3 unspecified atom stereocenters. The molecule has 2 nitrogen and oxygen atoms in total. The van der Waals surface area contributed by atoms with Gasteiger partial charge in [0.1, 0.15) is 0 Å². The number of hydrogen-bond acceptors (Lipinski definition) is 2. The van der Waals surface area contributed by atoms with E-state index in [2.05, 4.69) is 19.9 Å². The minimum Gasteiger partial charge on any atom is -0.393 e. The fraction of sp³-hybridized carbons (Fsp3) is 0.857. The van der Waals surface area contributed by atoms with E-state index in [1.54, 1.807) is 0 Å². The number of fused-ring (bicyclic) bond motifs is 5. The topological polar surface area (TPSA) is 37.3 Å². The monoisotopic (exact) mass is 384 g/mol. The largest absolute Gasteiger partial charge is 0.393 e. The first-order valence-electron chi connectivity index (χ1n) is 9.97. The van der Waals surface area contributed by atoms with Crippen LogP contribution in [-0.2, 0) is 4.79 Å². The van der Waals surface area contributed by atoms with Gasteiger partial charge in [-0.2, -0.15) is 0 Å². The first-order valence-corrected chi connectivity index (χ1v) is 10.8. The molecule has 7 atom stereocenters. The zero-order valence-electron chi connectivity index (χ0n) is 15.3. The van der Waals surface area contributed by atoms with Gasteiger partial charge in [0.25, 0.3) is 0 Å². The number of allylic oxidation sites excluding steroid dienone is 1. The zero-order valence-corrected chi connectivity index (χ0v) is 16.8. The van der Waals surface area contributed by atoms with E-state index in [1.807, 2.05) is 0 Å². The lowest BCUT2D eigenvalue weighted by molar-refractivity contribution is -0.128. The van der Waals surface area contributed by atoms with Gasteiger partial charge in [-0.15, -0.1) is 0 Å². The van der Waals surface area contributed by atoms with Crippen LogP contribution in [0.3, 0.4) is 0 Å². The molecule has 140 valence electrons. The molecule has 4 aliphatic carbocycles. The first kappa shape index (κ1) is 18.3. The molecule has 4 aliphatic rings. The Bertz CT molecular complexity index is 601. The number of aliphatic hydroxyl groups excluding tert-OH is 1. The highest BCUT2D eigenvalue weighted by Gasteiger charge is 2.60. The van der Waals surface area contributed by atoms with Gasteiger partial charge in [0.05, 0.1) is 6.10 Å². The van der Waals surface area contributed by atoms with E-state index in [0.29, 0.717) is 17.8 Å². The van der Waals surface area contributed by atoms with Crippen LogP contribution in [0, 0.1) is 34.5 Å². The second kappa shape index (κ2) is 6.24. The predicted molar refractivity (Wildman–Crippen MR) is 102 cm³/mol. The highest BCUT2D eigenvalue weighted by Crippen LogP contribution is 2.66. The van der Waals surface area contributed by atoms with Crippen LogP contribution in [-0.4, -0.2) is 21.8 Å². The normalized spacial score (nSPS) is 49.2. The van der Waals surface area contributed by atoms with Crippen LogP contribution in [0.1, 0.15) is 65.2 Å². The van der Waals surface area contributed by atoms with Crippen molar-refractivity contribution < 1.29 is 9.90 Å². The Morgan fingerprint density at radius 1 is 1.16 bits per heavy atom. The van der Waals surface area contributed by atoms with Crippen molar-refractivity contribution in [2.45, 2.75) is 76.2 Å². The van der Waals surface area contributed by atoms with E-state index in [1.165, 1.54) is 12.0 Å². The van der Waals surface area contributed by atoms with E-state index in [9.17, 15) is 9.90 Å². The summed E-state index contributed by atoms with van der Waals surface area (Å²) in [5, 5.41) is 10.1. The molecular formula is C21H30Cl2O2. The number of ketones is 1. The molecule has 0 heterocycles. The molecule has 0 amide bonds. The van der Waals surface area contributed by atoms with Crippen molar-refractivity contribution >= 4 is 29.0 Å². The van der Waals surface area contributed by atoms with Crippen LogP contribution in [0.25, 0.3) is 0 Å². The van der Waals surface area contributed by atoms with Crippen LogP contribution < -0.4 is 0 Å². The van der Waals surface area contributed by atoms with E-state index in [0.717, 1.165) is 44.9 Å². The summed E-state index contributed by atoms with van der Waals surface area (Å²) in [7, 11) is 0. The second-order valence-electron chi connectivity index (χ2n) is 9.53. The molecule has 25 heavy (non-hydrogen) atoms. The molecule has 0 radical (unpaired) electrons. The lowest BCUT2D eigenvalue weighted by Gasteiger charge is -2.58. The molecule has 3 fully saturated rings. The molecule has 4 rings (SSSR count). The average Bonchev–Trinajstić information content (AvgIpc) is 2.92. The first-order chi connectivity index (χ1) is 11.8. The molecule has 4 heteroatoms. The third-order valence-electron chi connectivity index (χ3n) is 8.64. The maximum absolute atomic E-state index is 12.6. The number of halogens is 2. The minimum absolute atomic E-state index is 0.0322. The Labute approximate surface area is 161 Å². The Morgan fingerprint density at radius 3 is 2.64 bits per heavy atom. The molecule has 0 aromatic carbocycles. The summed E-state index contributed by atoms with van der Waals surface area (Å²) in [6, 6.07) is 0. The van der Waals surface area contributed by atoms with E-state index < -0.39 is 4.84 Å². The maximum atomic E-state index is 12.6.